The van der Waals surface area contributed by atoms with Crippen LogP contribution in [-0.2, 0) is 6.54 Å². The predicted molar refractivity (Wildman–Crippen MR) is 83.4 cm³/mol. The fourth-order valence-corrected chi connectivity index (χ4v) is 5.46. The Morgan fingerprint density at radius 2 is 1.50 bits per heavy atom. The van der Waals surface area contributed by atoms with Gasteiger partial charge in [-0.15, -0.1) is 0 Å². The molecular formula is C19H27N. The first kappa shape index (κ1) is 12.9. The van der Waals surface area contributed by atoms with Gasteiger partial charge in [0.15, 0.2) is 0 Å². The molecule has 1 N–H and O–H groups in total. The SMILES string of the molecule is Cc1ccc(CNCC2C3CC4CC(C3)CC2C4)cc1. The Labute approximate surface area is 123 Å². The topological polar surface area (TPSA) is 12.0 Å². The van der Waals surface area contributed by atoms with E-state index < -0.39 is 0 Å². The molecule has 0 aromatic heterocycles. The fourth-order valence-electron chi connectivity index (χ4n) is 5.46. The second-order valence-corrected chi connectivity index (χ2v) is 7.71. The lowest BCUT2D eigenvalue weighted by Gasteiger charge is -2.54. The number of hydrogen-bond donors (Lipinski definition) is 1. The van der Waals surface area contributed by atoms with Crippen molar-refractivity contribution < 1.29 is 0 Å². The maximum absolute atomic E-state index is 3.75. The minimum atomic E-state index is 0.980. The summed E-state index contributed by atoms with van der Waals surface area (Å²) < 4.78 is 0. The van der Waals surface area contributed by atoms with Crippen molar-refractivity contribution in [3.63, 3.8) is 0 Å². The summed E-state index contributed by atoms with van der Waals surface area (Å²) in [5.41, 5.74) is 2.79. The molecule has 1 aromatic carbocycles. The minimum Gasteiger partial charge on any atom is -0.312 e. The standard InChI is InChI=1S/C19H27N/c1-13-2-4-14(5-3-13)11-20-12-19-17-7-15-6-16(9-17)10-18(19)8-15/h2-5,15-20H,6-12H2,1H3. The van der Waals surface area contributed by atoms with Crippen molar-refractivity contribution in [3.05, 3.63) is 35.4 Å². The van der Waals surface area contributed by atoms with Gasteiger partial charge in [0.25, 0.3) is 0 Å². The van der Waals surface area contributed by atoms with Crippen molar-refractivity contribution in [2.45, 2.75) is 45.6 Å². The second kappa shape index (κ2) is 5.18. The maximum atomic E-state index is 3.75. The predicted octanol–water partition coefficient (Wildman–Crippen LogP) is 4.16. The van der Waals surface area contributed by atoms with Gasteiger partial charge in [0, 0.05) is 6.54 Å². The third kappa shape index (κ3) is 2.41. The Balaban J connectivity index is 1.32. The molecule has 1 aromatic rings. The molecule has 4 aliphatic rings. The highest BCUT2D eigenvalue weighted by Crippen LogP contribution is 2.56. The van der Waals surface area contributed by atoms with Crippen LogP contribution in [0.25, 0.3) is 0 Å². The van der Waals surface area contributed by atoms with Crippen molar-refractivity contribution in [2.24, 2.45) is 29.6 Å². The van der Waals surface area contributed by atoms with Crippen LogP contribution in [0, 0.1) is 36.5 Å². The third-order valence-corrected chi connectivity index (χ3v) is 6.25. The van der Waals surface area contributed by atoms with Crippen LogP contribution in [0.3, 0.4) is 0 Å². The largest absolute Gasteiger partial charge is 0.312 e. The van der Waals surface area contributed by atoms with Gasteiger partial charge < -0.3 is 5.32 Å². The van der Waals surface area contributed by atoms with Crippen LogP contribution in [-0.4, -0.2) is 6.54 Å². The Hall–Kier alpha value is -0.820. The molecule has 1 nitrogen and oxygen atoms in total. The number of aryl methyl sites for hydroxylation is 1. The van der Waals surface area contributed by atoms with Crippen molar-refractivity contribution in [1.29, 1.82) is 0 Å². The van der Waals surface area contributed by atoms with Crippen LogP contribution in [0.4, 0.5) is 0 Å². The highest BCUT2D eigenvalue weighted by Gasteiger charge is 2.47. The summed E-state index contributed by atoms with van der Waals surface area (Å²) in [5.74, 6) is 5.29. The summed E-state index contributed by atoms with van der Waals surface area (Å²) in [6.45, 7) is 4.46. The molecule has 0 atom stereocenters. The van der Waals surface area contributed by atoms with E-state index >= 15 is 0 Å². The van der Waals surface area contributed by atoms with E-state index in [-0.39, 0.29) is 0 Å². The smallest absolute Gasteiger partial charge is 0.0205 e. The molecule has 5 rings (SSSR count). The van der Waals surface area contributed by atoms with Crippen molar-refractivity contribution >= 4 is 0 Å². The highest BCUT2D eigenvalue weighted by molar-refractivity contribution is 5.21. The quantitative estimate of drug-likeness (QED) is 0.865. The van der Waals surface area contributed by atoms with E-state index in [0.29, 0.717) is 0 Å². The van der Waals surface area contributed by atoms with Gasteiger partial charge in [-0.2, -0.15) is 0 Å². The summed E-state index contributed by atoms with van der Waals surface area (Å²) in [6.07, 6.45) is 7.75. The lowest BCUT2D eigenvalue weighted by atomic mass is 9.52. The van der Waals surface area contributed by atoms with Crippen LogP contribution >= 0.6 is 0 Å². The van der Waals surface area contributed by atoms with Gasteiger partial charge in [-0.05, 0) is 80.7 Å². The number of benzene rings is 1. The zero-order chi connectivity index (χ0) is 13.5. The Morgan fingerprint density at radius 3 is 2.10 bits per heavy atom. The molecule has 0 amide bonds. The molecule has 4 bridgehead atoms. The third-order valence-electron chi connectivity index (χ3n) is 6.25. The summed E-state index contributed by atoms with van der Waals surface area (Å²) in [5, 5.41) is 3.75. The summed E-state index contributed by atoms with van der Waals surface area (Å²) in [7, 11) is 0. The molecular weight excluding hydrogens is 242 g/mol. The number of nitrogens with one attached hydrogen (secondary N) is 1. The second-order valence-electron chi connectivity index (χ2n) is 7.71. The molecule has 0 radical (unpaired) electrons. The van der Waals surface area contributed by atoms with E-state index in [0.717, 1.165) is 36.1 Å². The van der Waals surface area contributed by atoms with Crippen LogP contribution < -0.4 is 5.32 Å². The normalized spacial score (nSPS) is 38.4. The first-order valence-corrected chi connectivity index (χ1v) is 8.54. The minimum absolute atomic E-state index is 0.980. The summed E-state index contributed by atoms with van der Waals surface area (Å²) in [4.78, 5) is 0. The van der Waals surface area contributed by atoms with E-state index in [1.807, 2.05) is 0 Å². The van der Waals surface area contributed by atoms with Gasteiger partial charge in [-0.3, -0.25) is 0 Å². The van der Waals surface area contributed by atoms with Crippen molar-refractivity contribution in [3.8, 4) is 0 Å². The number of hydrogen-bond acceptors (Lipinski definition) is 1. The lowest BCUT2D eigenvalue weighted by Crippen LogP contribution is -2.48. The van der Waals surface area contributed by atoms with Gasteiger partial charge in [-0.25, -0.2) is 0 Å². The van der Waals surface area contributed by atoms with E-state index in [1.165, 1.54) is 17.7 Å². The average molecular weight is 269 g/mol. The van der Waals surface area contributed by atoms with Gasteiger partial charge >= 0.3 is 0 Å². The average Bonchev–Trinajstić information content (AvgIpc) is 2.43. The molecule has 1 heteroatoms. The van der Waals surface area contributed by atoms with E-state index in [9.17, 15) is 0 Å². The zero-order valence-corrected chi connectivity index (χ0v) is 12.6. The fraction of sp³-hybridized carbons (Fsp3) is 0.684. The summed E-state index contributed by atoms with van der Waals surface area (Å²) in [6, 6.07) is 8.97. The highest BCUT2D eigenvalue weighted by atomic mass is 14.9. The van der Waals surface area contributed by atoms with Crippen molar-refractivity contribution in [2.75, 3.05) is 6.54 Å². The monoisotopic (exact) mass is 269 g/mol. The molecule has 0 aliphatic heterocycles. The van der Waals surface area contributed by atoms with Crippen molar-refractivity contribution in [1.82, 2.24) is 5.32 Å². The molecule has 0 spiro atoms. The molecule has 0 unspecified atom stereocenters. The maximum Gasteiger partial charge on any atom is 0.0205 e. The Bertz CT molecular complexity index is 433. The van der Waals surface area contributed by atoms with E-state index in [2.05, 4.69) is 36.5 Å². The molecule has 0 saturated heterocycles. The molecule has 4 saturated carbocycles. The first-order valence-electron chi connectivity index (χ1n) is 8.54. The van der Waals surface area contributed by atoms with E-state index in [1.54, 1.807) is 32.1 Å². The molecule has 20 heavy (non-hydrogen) atoms. The van der Waals surface area contributed by atoms with Gasteiger partial charge in [0.2, 0.25) is 0 Å². The summed E-state index contributed by atoms with van der Waals surface area (Å²) >= 11 is 0. The van der Waals surface area contributed by atoms with Gasteiger partial charge in [0.05, 0.1) is 0 Å². The first-order chi connectivity index (χ1) is 9.78. The Morgan fingerprint density at radius 1 is 0.900 bits per heavy atom. The van der Waals surface area contributed by atoms with Crippen LogP contribution in [0.5, 0.6) is 0 Å². The van der Waals surface area contributed by atoms with Gasteiger partial charge in [-0.1, -0.05) is 29.8 Å². The molecule has 0 heterocycles. The molecule has 108 valence electrons. The van der Waals surface area contributed by atoms with Gasteiger partial charge in [0.1, 0.15) is 0 Å². The van der Waals surface area contributed by atoms with E-state index in [4.69, 9.17) is 0 Å². The Kier molecular flexibility index (Phi) is 3.34. The lowest BCUT2D eigenvalue weighted by molar-refractivity contribution is -0.0355. The zero-order valence-electron chi connectivity index (χ0n) is 12.6. The van der Waals surface area contributed by atoms with Crippen LogP contribution in [0.2, 0.25) is 0 Å². The number of rotatable bonds is 4. The van der Waals surface area contributed by atoms with Crippen LogP contribution in [0.1, 0.15) is 43.2 Å². The molecule has 4 aliphatic carbocycles. The van der Waals surface area contributed by atoms with Crippen LogP contribution in [0.15, 0.2) is 24.3 Å². The molecule has 4 fully saturated rings.